The molecule has 0 spiro atoms. The number of alkyl halides is 2. The van der Waals surface area contributed by atoms with Crippen molar-refractivity contribution in [3.05, 3.63) is 76.1 Å². The lowest BCUT2D eigenvalue weighted by atomic mass is 9.74. The van der Waals surface area contributed by atoms with Crippen LogP contribution in [0.5, 0.6) is 0 Å². The molecule has 5 heteroatoms. The predicted octanol–water partition coefficient (Wildman–Crippen LogP) is 7.26. The Morgan fingerprint density at radius 2 is 1.60 bits per heavy atom. The number of allylic oxidation sites excluding steroid dienone is 2. The Morgan fingerprint density at radius 1 is 0.933 bits per heavy atom. The number of rotatable bonds is 4. The average molecular weight is 420 g/mol. The van der Waals surface area contributed by atoms with Crippen molar-refractivity contribution in [3.63, 3.8) is 0 Å². The Kier molecular flexibility index (Phi) is 5.99. The molecule has 0 amide bonds. The van der Waals surface area contributed by atoms with Gasteiger partial charge >= 0.3 is 0 Å². The molecule has 2 aliphatic carbocycles. The van der Waals surface area contributed by atoms with Crippen LogP contribution in [0.4, 0.5) is 22.0 Å². The summed E-state index contributed by atoms with van der Waals surface area (Å²) in [6.45, 7) is 2.03. The minimum atomic E-state index is -1.44. The molecule has 1 saturated carbocycles. The Hall–Kier alpha value is -2.17. The lowest BCUT2D eigenvalue weighted by Gasteiger charge is -2.35. The summed E-state index contributed by atoms with van der Waals surface area (Å²) in [7, 11) is 0. The van der Waals surface area contributed by atoms with Gasteiger partial charge in [0.1, 0.15) is 12.3 Å². The van der Waals surface area contributed by atoms with Crippen LogP contribution in [0.1, 0.15) is 60.8 Å². The van der Waals surface area contributed by atoms with Crippen LogP contribution < -0.4 is 0 Å². The van der Waals surface area contributed by atoms with Crippen molar-refractivity contribution in [1.29, 1.82) is 0 Å². The normalized spacial score (nSPS) is 26.3. The molecule has 0 heterocycles. The van der Waals surface area contributed by atoms with E-state index in [4.69, 9.17) is 0 Å². The first-order chi connectivity index (χ1) is 14.4. The van der Waals surface area contributed by atoms with Gasteiger partial charge < -0.3 is 0 Å². The van der Waals surface area contributed by atoms with Gasteiger partial charge in [0, 0.05) is 5.92 Å². The van der Waals surface area contributed by atoms with Gasteiger partial charge in [-0.2, -0.15) is 0 Å². The summed E-state index contributed by atoms with van der Waals surface area (Å²) in [5.41, 5.74) is 2.94. The van der Waals surface area contributed by atoms with E-state index in [2.05, 4.69) is 0 Å². The number of halogens is 5. The predicted molar refractivity (Wildman–Crippen MR) is 108 cm³/mol. The van der Waals surface area contributed by atoms with Crippen LogP contribution in [-0.4, -0.2) is 12.3 Å². The fourth-order valence-electron chi connectivity index (χ4n) is 5.02. The second-order valence-electron chi connectivity index (χ2n) is 8.54. The highest BCUT2D eigenvalue weighted by Crippen LogP contribution is 2.42. The zero-order valence-corrected chi connectivity index (χ0v) is 16.9. The third-order valence-electron chi connectivity index (χ3n) is 6.55. The molecule has 0 aliphatic heterocycles. The van der Waals surface area contributed by atoms with Crippen LogP contribution in [0.2, 0.25) is 0 Å². The number of hydrogen-bond acceptors (Lipinski definition) is 0. The quantitative estimate of drug-likeness (QED) is 0.361. The molecule has 30 heavy (non-hydrogen) atoms. The molecule has 2 aromatic carbocycles. The van der Waals surface area contributed by atoms with E-state index < -0.39 is 35.7 Å². The van der Waals surface area contributed by atoms with E-state index >= 15 is 0 Å². The van der Waals surface area contributed by atoms with Crippen LogP contribution in [-0.2, 0) is 12.8 Å². The summed E-state index contributed by atoms with van der Waals surface area (Å²) in [4.78, 5) is 0. The lowest BCUT2D eigenvalue weighted by Crippen LogP contribution is -2.33. The highest BCUT2D eigenvalue weighted by Gasteiger charge is 2.39. The van der Waals surface area contributed by atoms with Gasteiger partial charge in [0.2, 0.25) is 0 Å². The van der Waals surface area contributed by atoms with Crippen molar-refractivity contribution < 1.29 is 22.0 Å². The maximum Gasteiger partial charge on any atom is 0.194 e. The highest BCUT2D eigenvalue weighted by atomic mass is 19.2. The van der Waals surface area contributed by atoms with Gasteiger partial charge in [-0.05, 0) is 65.5 Å². The molecule has 1 fully saturated rings. The Balaban J connectivity index is 1.52. The smallest absolute Gasteiger partial charge is 0.194 e. The molecule has 2 unspecified atom stereocenters. The molecule has 4 rings (SSSR count). The molecular formula is C25H25F5. The maximum absolute atomic E-state index is 14.7. The summed E-state index contributed by atoms with van der Waals surface area (Å²) >= 11 is 0. The second-order valence-corrected chi connectivity index (χ2v) is 8.54. The third kappa shape index (κ3) is 3.91. The zero-order valence-electron chi connectivity index (χ0n) is 16.9. The van der Waals surface area contributed by atoms with Gasteiger partial charge in [-0.1, -0.05) is 50.1 Å². The molecule has 2 aliphatic rings. The van der Waals surface area contributed by atoms with Crippen molar-refractivity contribution in [1.82, 2.24) is 0 Å². The van der Waals surface area contributed by atoms with E-state index in [9.17, 15) is 22.0 Å². The Morgan fingerprint density at radius 3 is 2.23 bits per heavy atom. The summed E-state index contributed by atoms with van der Waals surface area (Å²) in [5, 5.41) is 0. The van der Waals surface area contributed by atoms with Crippen LogP contribution in [0.3, 0.4) is 0 Å². The zero-order chi connectivity index (χ0) is 21.4. The second kappa shape index (κ2) is 8.52. The van der Waals surface area contributed by atoms with E-state index in [1.807, 2.05) is 6.92 Å². The molecule has 0 nitrogen and oxygen atoms in total. The standard InChI is InChI=1S/C25H25F5/c1-2-3-14-10-20(26)23(21(27)11-14)16-6-4-15(5-7-16)17-8-9-19-18(12-17)13-22(28)25(30)24(19)29/h4-8,13-14,20-21,23H,2-3,9-12H2,1H3. The fraction of sp³-hybridized carbons (Fsp3) is 0.440. The minimum absolute atomic E-state index is 0.105. The highest BCUT2D eigenvalue weighted by molar-refractivity contribution is 5.70. The fourth-order valence-corrected chi connectivity index (χ4v) is 5.02. The summed E-state index contributed by atoms with van der Waals surface area (Å²) < 4.78 is 70.5. The van der Waals surface area contributed by atoms with Crippen LogP contribution in [0.25, 0.3) is 5.57 Å². The van der Waals surface area contributed by atoms with E-state index in [0.717, 1.165) is 30.0 Å². The SMILES string of the molecule is CCCC1CC(F)C(c2ccc(C3=CCc4c(cc(F)c(F)c4F)C3)cc2)C(F)C1. The maximum atomic E-state index is 14.7. The summed E-state index contributed by atoms with van der Waals surface area (Å²) in [5.74, 6) is -4.40. The molecular weight excluding hydrogens is 395 g/mol. The molecule has 0 radical (unpaired) electrons. The first kappa shape index (κ1) is 21.1. The van der Waals surface area contributed by atoms with Crippen molar-refractivity contribution in [2.24, 2.45) is 5.92 Å². The lowest BCUT2D eigenvalue weighted by molar-refractivity contribution is 0.0830. The van der Waals surface area contributed by atoms with Crippen LogP contribution in [0.15, 0.2) is 36.4 Å². The first-order valence-electron chi connectivity index (χ1n) is 10.6. The van der Waals surface area contributed by atoms with Crippen molar-refractivity contribution in [3.8, 4) is 0 Å². The topological polar surface area (TPSA) is 0 Å². The molecule has 2 aromatic rings. The summed E-state index contributed by atoms with van der Waals surface area (Å²) in [6.07, 6.45) is 2.44. The van der Waals surface area contributed by atoms with Gasteiger partial charge in [-0.25, -0.2) is 22.0 Å². The van der Waals surface area contributed by atoms with Gasteiger partial charge in [-0.15, -0.1) is 0 Å². The number of fused-ring (bicyclic) bond motifs is 1. The molecule has 160 valence electrons. The summed E-state index contributed by atoms with van der Waals surface area (Å²) in [6, 6.07) is 8.16. The van der Waals surface area contributed by atoms with Gasteiger partial charge in [0.15, 0.2) is 17.5 Å². The van der Waals surface area contributed by atoms with Crippen molar-refractivity contribution in [2.45, 2.75) is 63.7 Å². The number of benzene rings is 2. The molecule has 0 saturated heterocycles. The molecule has 0 aromatic heterocycles. The minimum Gasteiger partial charge on any atom is -0.247 e. The molecule has 2 atom stereocenters. The van der Waals surface area contributed by atoms with E-state index in [1.165, 1.54) is 0 Å². The van der Waals surface area contributed by atoms with Crippen LogP contribution in [0, 0.1) is 23.4 Å². The average Bonchev–Trinajstić information content (AvgIpc) is 2.72. The van der Waals surface area contributed by atoms with Crippen molar-refractivity contribution in [2.75, 3.05) is 0 Å². The monoisotopic (exact) mass is 420 g/mol. The largest absolute Gasteiger partial charge is 0.247 e. The third-order valence-corrected chi connectivity index (χ3v) is 6.55. The van der Waals surface area contributed by atoms with E-state index in [0.29, 0.717) is 24.0 Å². The Labute approximate surface area is 173 Å². The van der Waals surface area contributed by atoms with Gasteiger partial charge in [0.05, 0.1) is 0 Å². The molecule has 0 bridgehead atoms. The van der Waals surface area contributed by atoms with E-state index in [1.54, 1.807) is 30.3 Å². The first-order valence-corrected chi connectivity index (χ1v) is 10.6. The van der Waals surface area contributed by atoms with Crippen molar-refractivity contribution >= 4 is 5.57 Å². The van der Waals surface area contributed by atoms with E-state index in [-0.39, 0.29) is 24.3 Å². The van der Waals surface area contributed by atoms with Gasteiger partial charge in [-0.3, -0.25) is 0 Å². The van der Waals surface area contributed by atoms with Crippen LogP contribution >= 0.6 is 0 Å². The Bertz CT molecular complexity index is 935. The number of hydrogen-bond donors (Lipinski definition) is 0. The molecule has 0 N–H and O–H groups in total. The van der Waals surface area contributed by atoms with Gasteiger partial charge in [0.25, 0.3) is 0 Å².